The van der Waals surface area contributed by atoms with E-state index in [-0.39, 0.29) is 6.61 Å². The Morgan fingerprint density at radius 2 is 1.94 bits per heavy atom. The molecule has 0 bridgehead atoms. The second-order valence-corrected chi connectivity index (χ2v) is 4.95. The summed E-state index contributed by atoms with van der Waals surface area (Å²) in [4.78, 5) is 10.9. The number of carboxylic acids is 1. The lowest BCUT2D eigenvalue weighted by Crippen LogP contribution is -2.30. The smallest absolute Gasteiger partial charge is 0.312 e. The van der Waals surface area contributed by atoms with Crippen LogP contribution in [0.2, 0.25) is 0 Å². The fourth-order valence-corrected chi connectivity index (χ4v) is 1.29. The molecule has 0 atom stereocenters. The highest BCUT2D eigenvalue weighted by Crippen LogP contribution is 2.26. The predicted molar refractivity (Wildman–Crippen MR) is 67.2 cm³/mol. The van der Waals surface area contributed by atoms with Gasteiger partial charge in [0.15, 0.2) is 0 Å². The molecule has 0 saturated carbocycles. The number of benzene rings is 1. The van der Waals surface area contributed by atoms with Gasteiger partial charge in [0.1, 0.15) is 12.4 Å². The first-order valence-electron chi connectivity index (χ1n) is 5.47. The summed E-state index contributed by atoms with van der Waals surface area (Å²) in [6, 6.07) is 3.67. The standard InChI is InChI=1S/C13H19NO3/c1-8-6-11(9(2)5-10(8)14)17-7-13(3,4)12(15)16/h5-6H,7,14H2,1-4H3,(H,15,16). The van der Waals surface area contributed by atoms with Crippen molar-refractivity contribution in [3.8, 4) is 5.75 Å². The van der Waals surface area contributed by atoms with Gasteiger partial charge in [-0.25, -0.2) is 0 Å². The maximum absolute atomic E-state index is 10.9. The summed E-state index contributed by atoms with van der Waals surface area (Å²) in [7, 11) is 0. The second kappa shape index (κ2) is 4.65. The van der Waals surface area contributed by atoms with Crippen molar-refractivity contribution < 1.29 is 14.6 Å². The number of anilines is 1. The van der Waals surface area contributed by atoms with Crippen LogP contribution in [0.3, 0.4) is 0 Å². The zero-order valence-electron chi connectivity index (χ0n) is 10.7. The third kappa shape index (κ3) is 3.12. The molecule has 0 amide bonds. The molecule has 1 aromatic rings. The number of carboxylic acid groups (broad SMARTS) is 1. The first-order chi connectivity index (χ1) is 7.74. The number of nitrogen functional groups attached to an aromatic ring is 1. The molecule has 1 rings (SSSR count). The van der Waals surface area contributed by atoms with Crippen LogP contribution < -0.4 is 10.5 Å². The molecule has 0 aromatic heterocycles. The number of aryl methyl sites for hydroxylation is 2. The lowest BCUT2D eigenvalue weighted by Gasteiger charge is -2.20. The fourth-order valence-electron chi connectivity index (χ4n) is 1.29. The summed E-state index contributed by atoms with van der Waals surface area (Å²) in [6.45, 7) is 7.18. The van der Waals surface area contributed by atoms with Gasteiger partial charge in [-0.2, -0.15) is 0 Å². The van der Waals surface area contributed by atoms with Crippen LogP contribution in [-0.4, -0.2) is 17.7 Å². The van der Waals surface area contributed by atoms with Gasteiger partial charge in [0.25, 0.3) is 0 Å². The Morgan fingerprint density at radius 1 is 1.35 bits per heavy atom. The maximum Gasteiger partial charge on any atom is 0.312 e. The molecule has 0 radical (unpaired) electrons. The number of aliphatic carboxylic acids is 1. The van der Waals surface area contributed by atoms with Crippen LogP contribution in [0.25, 0.3) is 0 Å². The summed E-state index contributed by atoms with van der Waals surface area (Å²) in [5.74, 6) is -0.187. The average molecular weight is 237 g/mol. The monoisotopic (exact) mass is 237 g/mol. The zero-order chi connectivity index (χ0) is 13.2. The van der Waals surface area contributed by atoms with Crippen molar-refractivity contribution in [2.75, 3.05) is 12.3 Å². The number of nitrogens with two attached hydrogens (primary N) is 1. The van der Waals surface area contributed by atoms with E-state index in [4.69, 9.17) is 15.6 Å². The summed E-state index contributed by atoms with van der Waals surface area (Å²) < 4.78 is 5.56. The molecule has 17 heavy (non-hydrogen) atoms. The Balaban J connectivity index is 2.83. The van der Waals surface area contributed by atoms with Gasteiger partial charge in [-0.3, -0.25) is 4.79 Å². The molecule has 0 spiro atoms. The molecule has 0 unspecified atom stereocenters. The van der Waals surface area contributed by atoms with E-state index in [0.29, 0.717) is 11.4 Å². The van der Waals surface area contributed by atoms with Crippen LogP contribution in [0.1, 0.15) is 25.0 Å². The van der Waals surface area contributed by atoms with Crippen molar-refractivity contribution >= 4 is 11.7 Å². The van der Waals surface area contributed by atoms with Crippen LogP contribution >= 0.6 is 0 Å². The Hall–Kier alpha value is -1.71. The molecule has 94 valence electrons. The first kappa shape index (κ1) is 13.4. The summed E-state index contributed by atoms with van der Waals surface area (Å²) in [5.41, 5.74) is 7.42. The van der Waals surface area contributed by atoms with E-state index >= 15 is 0 Å². The number of carbonyl (C=O) groups is 1. The van der Waals surface area contributed by atoms with E-state index in [0.717, 1.165) is 11.1 Å². The van der Waals surface area contributed by atoms with Gasteiger partial charge in [-0.1, -0.05) is 0 Å². The van der Waals surface area contributed by atoms with E-state index in [1.54, 1.807) is 13.8 Å². The molecule has 0 aliphatic rings. The van der Waals surface area contributed by atoms with Gasteiger partial charge in [0.05, 0.1) is 5.41 Å². The van der Waals surface area contributed by atoms with Crippen molar-refractivity contribution in [1.29, 1.82) is 0 Å². The van der Waals surface area contributed by atoms with E-state index in [1.165, 1.54) is 0 Å². The van der Waals surface area contributed by atoms with Gasteiger partial charge in [0.2, 0.25) is 0 Å². The normalized spacial score (nSPS) is 11.3. The fraction of sp³-hybridized carbons (Fsp3) is 0.462. The topological polar surface area (TPSA) is 72.5 Å². The Bertz CT molecular complexity index is 439. The zero-order valence-corrected chi connectivity index (χ0v) is 10.7. The summed E-state index contributed by atoms with van der Waals surface area (Å²) in [5, 5.41) is 8.99. The van der Waals surface area contributed by atoms with Crippen molar-refractivity contribution in [1.82, 2.24) is 0 Å². The second-order valence-electron chi connectivity index (χ2n) is 4.95. The van der Waals surface area contributed by atoms with Gasteiger partial charge in [-0.05, 0) is 51.0 Å². The van der Waals surface area contributed by atoms with Gasteiger partial charge < -0.3 is 15.6 Å². The minimum atomic E-state index is -0.901. The van der Waals surface area contributed by atoms with E-state index in [2.05, 4.69) is 0 Å². The molecule has 0 fully saturated rings. The van der Waals surface area contributed by atoms with Gasteiger partial charge in [0, 0.05) is 5.69 Å². The molecule has 4 heteroatoms. The van der Waals surface area contributed by atoms with E-state index < -0.39 is 11.4 Å². The summed E-state index contributed by atoms with van der Waals surface area (Å²) >= 11 is 0. The largest absolute Gasteiger partial charge is 0.492 e. The minimum Gasteiger partial charge on any atom is -0.492 e. The number of hydrogen-bond acceptors (Lipinski definition) is 3. The van der Waals surface area contributed by atoms with Crippen LogP contribution in [0.4, 0.5) is 5.69 Å². The van der Waals surface area contributed by atoms with Crippen LogP contribution in [0.5, 0.6) is 5.75 Å². The Labute approximate surface area is 101 Å². The van der Waals surface area contributed by atoms with Crippen molar-refractivity contribution in [3.63, 3.8) is 0 Å². The van der Waals surface area contributed by atoms with Crippen molar-refractivity contribution in [2.45, 2.75) is 27.7 Å². The Morgan fingerprint density at radius 3 is 2.47 bits per heavy atom. The van der Waals surface area contributed by atoms with E-state index in [1.807, 2.05) is 26.0 Å². The van der Waals surface area contributed by atoms with Crippen molar-refractivity contribution in [3.05, 3.63) is 23.3 Å². The molecule has 3 N–H and O–H groups in total. The molecule has 0 heterocycles. The van der Waals surface area contributed by atoms with Crippen LogP contribution in [0.15, 0.2) is 12.1 Å². The third-order valence-corrected chi connectivity index (χ3v) is 2.73. The van der Waals surface area contributed by atoms with E-state index in [9.17, 15) is 4.79 Å². The van der Waals surface area contributed by atoms with Crippen molar-refractivity contribution in [2.24, 2.45) is 5.41 Å². The van der Waals surface area contributed by atoms with Crippen LogP contribution in [0, 0.1) is 19.3 Å². The Kier molecular flexibility index (Phi) is 3.66. The molecule has 0 aliphatic carbocycles. The SMILES string of the molecule is Cc1cc(OCC(C)(C)C(=O)O)c(C)cc1N. The molecular formula is C13H19NO3. The highest BCUT2D eigenvalue weighted by molar-refractivity contribution is 5.73. The minimum absolute atomic E-state index is 0.131. The lowest BCUT2D eigenvalue weighted by atomic mass is 9.95. The van der Waals surface area contributed by atoms with Gasteiger partial charge in [-0.15, -0.1) is 0 Å². The molecular weight excluding hydrogens is 218 g/mol. The molecule has 4 nitrogen and oxygen atoms in total. The highest BCUT2D eigenvalue weighted by atomic mass is 16.5. The summed E-state index contributed by atoms with van der Waals surface area (Å²) in [6.07, 6.45) is 0. The number of hydrogen-bond donors (Lipinski definition) is 2. The molecule has 1 aromatic carbocycles. The average Bonchev–Trinajstić information content (AvgIpc) is 2.21. The number of rotatable bonds is 4. The predicted octanol–water partition coefficient (Wildman–Crippen LogP) is 2.38. The maximum atomic E-state index is 10.9. The lowest BCUT2D eigenvalue weighted by molar-refractivity contribution is -0.148. The highest BCUT2D eigenvalue weighted by Gasteiger charge is 2.28. The van der Waals surface area contributed by atoms with Crippen LogP contribution in [-0.2, 0) is 4.79 Å². The first-order valence-corrected chi connectivity index (χ1v) is 5.47. The molecule has 0 saturated heterocycles. The quantitative estimate of drug-likeness (QED) is 0.788. The van der Waals surface area contributed by atoms with Gasteiger partial charge >= 0.3 is 5.97 Å². The molecule has 0 aliphatic heterocycles. The number of ether oxygens (including phenoxy) is 1. The third-order valence-electron chi connectivity index (χ3n) is 2.73.